The molecule has 0 saturated carbocycles. The Morgan fingerprint density at radius 1 is 1.05 bits per heavy atom. The molecule has 37 heavy (non-hydrogen) atoms. The van der Waals surface area contributed by atoms with E-state index in [4.69, 9.17) is 23.9 Å². The molecule has 0 saturated heterocycles. The topological polar surface area (TPSA) is 88.5 Å². The Kier molecular flexibility index (Phi) is 8.35. The van der Waals surface area contributed by atoms with E-state index in [1.807, 2.05) is 50.2 Å². The van der Waals surface area contributed by atoms with Crippen molar-refractivity contribution in [1.82, 2.24) is 4.98 Å². The lowest BCUT2D eigenvalue weighted by Gasteiger charge is -2.16. The minimum atomic E-state index is -0.462. The Balaban J connectivity index is 1.61. The highest BCUT2D eigenvalue weighted by Gasteiger charge is 2.21. The summed E-state index contributed by atoms with van der Waals surface area (Å²) < 4.78 is 37.3. The summed E-state index contributed by atoms with van der Waals surface area (Å²) in [5.41, 5.74) is 4.78. The van der Waals surface area contributed by atoms with Gasteiger partial charge in [0.1, 0.15) is 29.5 Å². The molecule has 0 radical (unpaired) electrons. The van der Waals surface area contributed by atoms with Crippen LogP contribution in [0.2, 0.25) is 0 Å². The maximum atomic E-state index is 15.2. The molecule has 0 amide bonds. The summed E-state index contributed by atoms with van der Waals surface area (Å²) in [6.45, 7) is 6.15. The molecule has 3 aromatic rings. The van der Waals surface area contributed by atoms with Gasteiger partial charge in [-0.2, -0.15) is 0 Å². The van der Waals surface area contributed by atoms with Crippen LogP contribution < -0.4 is 14.2 Å². The summed E-state index contributed by atoms with van der Waals surface area (Å²) in [6, 6.07) is 13.0. The van der Waals surface area contributed by atoms with Crippen molar-refractivity contribution in [2.45, 2.75) is 33.6 Å². The minimum absolute atomic E-state index is 0.0183. The maximum Gasteiger partial charge on any atom is 0.340 e. The van der Waals surface area contributed by atoms with E-state index in [-0.39, 0.29) is 25.6 Å². The van der Waals surface area contributed by atoms with Crippen LogP contribution in [0.1, 0.15) is 35.7 Å². The Labute approximate surface area is 215 Å². The summed E-state index contributed by atoms with van der Waals surface area (Å²) in [4.78, 5) is 20.6. The molecule has 2 aromatic carbocycles. The number of aromatic nitrogens is 1. The number of ether oxygens (including phenoxy) is 4. The second-order valence-corrected chi connectivity index (χ2v) is 8.53. The van der Waals surface area contributed by atoms with Gasteiger partial charge in [0.25, 0.3) is 0 Å². The van der Waals surface area contributed by atoms with Gasteiger partial charge >= 0.3 is 5.97 Å². The first kappa shape index (κ1) is 26.1. The predicted molar refractivity (Wildman–Crippen MR) is 136 cm³/mol. The van der Waals surface area contributed by atoms with Gasteiger partial charge in [-0.3, -0.25) is 0 Å². The fraction of sp³-hybridized carbons (Fsp3) is 0.321. The Bertz CT molecular complexity index is 1320. The van der Waals surface area contributed by atoms with Gasteiger partial charge in [0.2, 0.25) is 0 Å². The molecular formula is C28H29FN2O6. The molecule has 0 aliphatic carbocycles. The van der Waals surface area contributed by atoms with Gasteiger partial charge < -0.3 is 23.8 Å². The highest BCUT2D eigenvalue weighted by atomic mass is 19.1. The summed E-state index contributed by atoms with van der Waals surface area (Å²) in [5, 5.41) is 3.64. The van der Waals surface area contributed by atoms with Crippen molar-refractivity contribution in [2.75, 3.05) is 27.1 Å². The number of benzene rings is 2. The molecule has 1 aliphatic heterocycles. The van der Waals surface area contributed by atoms with Crippen LogP contribution in [0.25, 0.3) is 11.3 Å². The van der Waals surface area contributed by atoms with E-state index >= 15 is 4.39 Å². The third-order valence-corrected chi connectivity index (χ3v) is 5.87. The number of halogens is 1. The lowest BCUT2D eigenvalue weighted by molar-refractivity contribution is -0.140. The second-order valence-electron chi connectivity index (χ2n) is 8.53. The van der Waals surface area contributed by atoms with Crippen molar-refractivity contribution >= 4 is 11.7 Å². The van der Waals surface area contributed by atoms with Crippen LogP contribution in [0.3, 0.4) is 0 Å². The Morgan fingerprint density at radius 2 is 1.89 bits per heavy atom. The van der Waals surface area contributed by atoms with Gasteiger partial charge in [0.15, 0.2) is 18.4 Å². The van der Waals surface area contributed by atoms with Gasteiger partial charge in [-0.1, -0.05) is 17.3 Å². The zero-order valence-corrected chi connectivity index (χ0v) is 21.3. The largest absolute Gasteiger partial charge is 0.494 e. The van der Waals surface area contributed by atoms with Crippen molar-refractivity contribution < 1.29 is 33.0 Å². The molecule has 9 heteroatoms. The number of nitrogens with zero attached hydrogens (tertiary/aromatic N) is 2. The van der Waals surface area contributed by atoms with Crippen LogP contribution in [0.5, 0.6) is 17.2 Å². The Morgan fingerprint density at radius 3 is 2.62 bits per heavy atom. The average Bonchev–Trinajstić information content (AvgIpc) is 3.32. The number of hydrogen-bond acceptors (Lipinski definition) is 8. The smallest absolute Gasteiger partial charge is 0.340 e. The van der Waals surface area contributed by atoms with Gasteiger partial charge in [0, 0.05) is 24.8 Å². The highest BCUT2D eigenvalue weighted by molar-refractivity contribution is 6.02. The number of rotatable bonds is 11. The number of aryl methyl sites for hydroxylation is 1. The maximum absolute atomic E-state index is 15.2. The first-order valence-corrected chi connectivity index (χ1v) is 11.9. The number of carbonyl (C=O) groups excluding carboxylic acids is 1. The van der Waals surface area contributed by atoms with Crippen LogP contribution in [0.15, 0.2) is 47.6 Å². The third-order valence-electron chi connectivity index (χ3n) is 5.87. The summed E-state index contributed by atoms with van der Waals surface area (Å²) in [6.07, 6.45) is 0.454. The van der Waals surface area contributed by atoms with Crippen molar-refractivity contribution in [3.05, 3.63) is 70.7 Å². The molecule has 0 bridgehead atoms. The lowest BCUT2D eigenvalue weighted by atomic mass is 9.97. The first-order chi connectivity index (χ1) is 17.9. The molecular weight excluding hydrogens is 479 g/mol. The van der Waals surface area contributed by atoms with E-state index in [1.165, 1.54) is 0 Å². The van der Waals surface area contributed by atoms with E-state index in [1.54, 1.807) is 20.1 Å². The molecule has 1 aromatic heterocycles. The highest BCUT2D eigenvalue weighted by Crippen LogP contribution is 2.33. The average molecular weight is 509 g/mol. The quantitative estimate of drug-likeness (QED) is 0.261. The SMILES string of the molecule is CCOc1cccc(-c2nc(Cc3c(C)cc(OCC4=NOC(=O)C4)c(F)c3C)ccc2OCOC)c1. The van der Waals surface area contributed by atoms with E-state index in [0.29, 0.717) is 35.7 Å². The monoisotopic (exact) mass is 508 g/mol. The summed E-state index contributed by atoms with van der Waals surface area (Å²) >= 11 is 0. The number of carbonyl (C=O) groups is 1. The van der Waals surface area contributed by atoms with Crippen molar-refractivity contribution in [1.29, 1.82) is 0 Å². The minimum Gasteiger partial charge on any atom is -0.494 e. The summed E-state index contributed by atoms with van der Waals surface area (Å²) in [5.74, 6) is 0.493. The normalized spacial score (nSPS) is 12.8. The molecule has 0 fully saturated rings. The van der Waals surface area contributed by atoms with Crippen LogP contribution in [0.4, 0.5) is 4.39 Å². The van der Waals surface area contributed by atoms with E-state index in [0.717, 1.165) is 28.1 Å². The second kappa shape index (κ2) is 11.8. The molecule has 4 rings (SSSR count). The molecule has 0 atom stereocenters. The van der Waals surface area contributed by atoms with E-state index < -0.39 is 11.8 Å². The number of pyridine rings is 1. The standard InChI is InChI=1S/C28H29FN2O6/c1-5-34-22-8-6-7-19(12-22)28-24(36-16-33-4)10-9-20(30-28)13-23-17(2)11-25(27(29)18(23)3)35-15-21-14-26(32)37-31-21/h6-12H,5,13-16H2,1-4H3. The van der Waals surface area contributed by atoms with Crippen LogP contribution in [-0.4, -0.2) is 43.8 Å². The predicted octanol–water partition coefficient (Wildman–Crippen LogP) is 5.16. The first-order valence-electron chi connectivity index (χ1n) is 11.9. The molecule has 0 unspecified atom stereocenters. The fourth-order valence-electron chi connectivity index (χ4n) is 4.03. The molecule has 2 heterocycles. The summed E-state index contributed by atoms with van der Waals surface area (Å²) in [7, 11) is 1.55. The number of oxime groups is 1. The van der Waals surface area contributed by atoms with Gasteiger partial charge in [-0.05, 0) is 67.8 Å². The number of hydrogen-bond donors (Lipinski definition) is 0. The van der Waals surface area contributed by atoms with Gasteiger partial charge in [-0.25, -0.2) is 14.2 Å². The van der Waals surface area contributed by atoms with Crippen molar-refractivity contribution in [2.24, 2.45) is 5.16 Å². The lowest BCUT2D eigenvalue weighted by Crippen LogP contribution is -2.12. The Hall–Kier alpha value is -3.98. The van der Waals surface area contributed by atoms with Crippen molar-refractivity contribution in [3.63, 3.8) is 0 Å². The molecule has 8 nitrogen and oxygen atoms in total. The van der Waals surface area contributed by atoms with Gasteiger partial charge in [0.05, 0.1) is 13.0 Å². The fourth-order valence-corrected chi connectivity index (χ4v) is 4.03. The van der Waals surface area contributed by atoms with E-state index in [2.05, 4.69) is 9.99 Å². The molecule has 0 spiro atoms. The molecule has 194 valence electrons. The van der Waals surface area contributed by atoms with Crippen LogP contribution in [0, 0.1) is 19.7 Å². The molecule has 0 N–H and O–H groups in total. The third kappa shape index (κ3) is 6.24. The molecule has 1 aliphatic rings. The zero-order valence-electron chi connectivity index (χ0n) is 21.3. The van der Waals surface area contributed by atoms with Crippen LogP contribution in [-0.2, 0) is 20.8 Å². The number of methoxy groups -OCH3 is 1. The zero-order chi connectivity index (χ0) is 26.4. The van der Waals surface area contributed by atoms with E-state index in [9.17, 15) is 4.79 Å². The van der Waals surface area contributed by atoms with Crippen molar-refractivity contribution in [3.8, 4) is 28.5 Å². The van der Waals surface area contributed by atoms with Crippen LogP contribution >= 0.6 is 0 Å². The van der Waals surface area contributed by atoms with Gasteiger partial charge in [-0.15, -0.1) is 0 Å².